The van der Waals surface area contributed by atoms with Gasteiger partial charge in [-0.15, -0.1) is 0 Å². The van der Waals surface area contributed by atoms with Crippen molar-refractivity contribution in [3.8, 4) is 0 Å². The van der Waals surface area contributed by atoms with Crippen molar-refractivity contribution < 1.29 is 22.7 Å². The molecule has 1 saturated carbocycles. The summed E-state index contributed by atoms with van der Waals surface area (Å²) in [5.41, 5.74) is 0.424. The van der Waals surface area contributed by atoms with Crippen LogP contribution in [0.5, 0.6) is 0 Å². The second kappa shape index (κ2) is 3.80. The molecule has 0 amide bonds. The molecule has 0 heterocycles. The summed E-state index contributed by atoms with van der Waals surface area (Å²) in [6.45, 7) is 0. The summed E-state index contributed by atoms with van der Waals surface area (Å²) < 4.78 is 35.9. The monoisotopic (exact) mass is 258 g/mol. The highest BCUT2D eigenvalue weighted by Crippen LogP contribution is 2.52. The van der Waals surface area contributed by atoms with Gasteiger partial charge in [0, 0.05) is 12.2 Å². The SMILES string of the molecule is CS(=O)(=O)[C@@H]1[C@@H](C(=O)O)[C@H]1c1cccc(F)c1. The molecule has 92 valence electrons. The Kier molecular flexibility index (Phi) is 2.69. The predicted octanol–water partition coefficient (Wildman–Crippen LogP) is 1.04. The van der Waals surface area contributed by atoms with Crippen molar-refractivity contribution in [2.75, 3.05) is 6.26 Å². The van der Waals surface area contributed by atoms with E-state index in [-0.39, 0.29) is 0 Å². The average molecular weight is 258 g/mol. The first-order valence-electron chi connectivity index (χ1n) is 4.99. The van der Waals surface area contributed by atoms with Crippen molar-refractivity contribution in [3.63, 3.8) is 0 Å². The van der Waals surface area contributed by atoms with Crippen molar-refractivity contribution in [1.29, 1.82) is 0 Å². The molecule has 0 radical (unpaired) electrons. The van der Waals surface area contributed by atoms with Crippen LogP contribution < -0.4 is 0 Å². The lowest BCUT2D eigenvalue weighted by molar-refractivity contribution is -0.138. The Bertz CT molecular complexity index is 567. The first-order valence-corrected chi connectivity index (χ1v) is 6.95. The van der Waals surface area contributed by atoms with Crippen LogP contribution in [0.2, 0.25) is 0 Å². The minimum absolute atomic E-state index is 0.424. The van der Waals surface area contributed by atoms with Gasteiger partial charge in [0.15, 0.2) is 9.84 Å². The molecule has 0 spiro atoms. The number of carboxylic acid groups (broad SMARTS) is 1. The maximum Gasteiger partial charge on any atom is 0.308 e. The zero-order valence-electron chi connectivity index (χ0n) is 9.00. The summed E-state index contributed by atoms with van der Waals surface area (Å²) in [4.78, 5) is 10.9. The van der Waals surface area contributed by atoms with Crippen molar-refractivity contribution in [2.45, 2.75) is 11.2 Å². The van der Waals surface area contributed by atoms with Crippen LogP contribution in [0.3, 0.4) is 0 Å². The number of sulfone groups is 1. The third-order valence-corrected chi connectivity index (χ3v) is 4.54. The van der Waals surface area contributed by atoms with E-state index < -0.39 is 38.7 Å². The molecular weight excluding hydrogens is 247 g/mol. The Morgan fingerprint density at radius 1 is 1.41 bits per heavy atom. The molecule has 0 aliphatic heterocycles. The van der Waals surface area contributed by atoms with Gasteiger partial charge >= 0.3 is 5.97 Å². The number of benzene rings is 1. The number of aliphatic carboxylic acids is 1. The summed E-state index contributed by atoms with van der Waals surface area (Å²) in [5, 5.41) is 7.99. The highest BCUT2D eigenvalue weighted by molar-refractivity contribution is 7.91. The summed E-state index contributed by atoms with van der Waals surface area (Å²) in [6.07, 6.45) is 1.01. The number of hydrogen-bond donors (Lipinski definition) is 1. The van der Waals surface area contributed by atoms with E-state index in [4.69, 9.17) is 5.11 Å². The van der Waals surface area contributed by atoms with Crippen LogP contribution in [0.25, 0.3) is 0 Å². The van der Waals surface area contributed by atoms with Crippen LogP contribution in [0, 0.1) is 11.7 Å². The Hall–Kier alpha value is -1.43. The van der Waals surface area contributed by atoms with E-state index in [0.29, 0.717) is 5.56 Å². The van der Waals surface area contributed by atoms with Gasteiger partial charge in [0.2, 0.25) is 0 Å². The molecule has 2 rings (SSSR count). The van der Waals surface area contributed by atoms with Crippen LogP contribution in [0.4, 0.5) is 4.39 Å². The van der Waals surface area contributed by atoms with Crippen LogP contribution in [0.15, 0.2) is 24.3 Å². The van der Waals surface area contributed by atoms with Crippen molar-refractivity contribution in [2.24, 2.45) is 5.92 Å². The molecule has 3 atom stereocenters. The van der Waals surface area contributed by atoms with Crippen LogP contribution in [-0.4, -0.2) is 31.0 Å². The zero-order valence-corrected chi connectivity index (χ0v) is 9.82. The lowest BCUT2D eigenvalue weighted by atomic mass is 10.1. The van der Waals surface area contributed by atoms with E-state index in [2.05, 4.69) is 0 Å². The van der Waals surface area contributed by atoms with Gasteiger partial charge in [0.1, 0.15) is 5.82 Å². The molecule has 6 heteroatoms. The normalized spacial score (nSPS) is 27.8. The van der Waals surface area contributed by atoms with E-state index >= 15 is 0 Å². The first-order chi connectivity index (χ1) is 7.82. The largest absolute Gasteiger partial charge is 0.481 e. The van der Waals surface area contributed by atoms with E-state index in [0.717, 1.165) is 6.26 Å². The Labute approximate surface area is 98.0 Å². The fraction of sp³-hybridized carbons (Fsp3) is 0.364. The minimum Gasteiger partial charge on any atom is -0.481 e. The molecule has 1 fully saturated rings. The summed E-state index contributed by atoms with van der Waals surface area (Å²) >= 11 is 0. The molecule has 1 aliphatic rings. The molecule has 1 N–H and O–H groups in total. The maximum absolute atomic E-state index is 13.0. The maximum atomic E-state index is 13.0. The standard InChI is InChI=1S/C11H11FO4S/c1-17(15,16)10-8(9(10)11(13)14)6-3-2-4-7(12)5-6/h2-5,8-10H,1H3,(H,13,14)/t8-,9+,10+/m1/s1. The van der Waals surface area contributed by atoms with Crippen molar-refractivity contribution in [3.05, 3.63) is 35.6 Å². The van der Waals surface area contributed by atoms with Gasteiger partial charge in [0.05, 0.1) is 11.2 Å². The predicted molar refractivity (Wildman–Crippen MR) is 58.9 cm³/mol. The van der Waals surface area contributed by atoms with Gasteiger partial charge in [-0.05, 0) is 17.7 Å². The number of carboxylic acids is 1. The lowest BCUT2D eigenvalue weighted by Gasteiger charge is -1.98. The second-order valence-corrected chi connectivity index (χ2v) is 6.44. The highest BCUT2D eigenvalue weighted by Gasteiger charge is 2.61. The fourth-order valence-electron chi connectivity index (χ4n) is 2.22. The number of hydrogen-bond acceptors (Lipinski definition) is 3. The van der Waals surface area contributed by atoms with Gasteiger partial charge < -0.3 is 5.11 Å². The van der Waals surface area contributed by atoms with Crippen LogP contribution >= 0.6 is 0 Å². The van der Waals surface area contributed by atoms with Crippen LogP contribution in [0.1, 0.15) is 11.5 Å². The topological polar surface area (TPSA) is 71.4 Å². The number of rotatable bonds is 3. The third-order valence-electron chi connectivity index (χ3n) is 2.97. The molecule has 0 unspecified atom stereocenters. The summed E-state index contributed by atoms with van der Waals surface area (Å²) in [5.74, 6) is -3.26. The molecule has 0 aromatic heterocycles. The molecular formula is C11H11FO4S. The zero-order chi connectivity index (χ0) is 12.8. The lowest BCUT2D eigenvalue weighted by Crippen LogP contribution is -2.10. The van der Waals surface area contributed by atoms with E-state index in [9.17, 15) is 17.6 Å². The fourth-order valence-corrected chi connectivity index (χ4v) is 3.81. The Morgan fingerprint density at radius 3 is 2.47 bits per heavy atom. The van der Waals surface area contributed by atoms with Gasteiger partial charge in [-0.1, -0.05) is 12.1 Å². The van der Waals surface area contributed by atoms with Gasteiger partial charge in [-0.25, -0.2) is 12.8 Å². The quantitative estimate of drug-likeness (QED) is 0.879. The second-order valence-electron chi connectivity index (χ2n) is 4.24. The van der Waals surface area contributed by atoms with Crippen molar-refractivity contribution in [1.82, 2.24) is 0 Å². The van der Waals surface area contributed by atoms with Gasteiger partial charge in [0.25, 0.3) is 0 Å². The molecule has 17 heavy (non-hydrogen) atoms. The molecule has 1 aromatic rings. The summed E-state index contributed by atoms with van der Waals surface area (Å²) in [6, 6.07) is 5.42. The molecule has 0 bridgehead atoms. The average Bonchev–Trinajstić information content (AvgIpc) is 2.91. The van der Waals surface area contributed by atoms with E-state index in [1.165, 1.54) is 18.2 Å². The Balaban J connectivity index is 2.37. The highest BCUT2D eigenvalue weighted by atomic mass is 32.2. The smallest absolute Gasteiger partial charge is 0.308 e. The minimum atomic E-state index is -3.44. The van der Waals surface area contributed by atoms with E-state index in [1.54, 1.807) is 6.07 Å². The van der Waals surface area contributed by atoms with E-state index in [1.807, 2.05) is 0 Å². The molecule has 4 nitrogen and oxygen atoms in total. The molecule has 0 saturated heterocycles. The van der Waals surface area contributed by atoms with Crippen LogP contribution in [-0.2, 0) is 14.6 Å². The molecule has 1 aliphatic carbocycles. The van der Waals surface area contributed by atoms with Gasteiger partial charge in [-0.3, -0.25) is 4.79 Å². The van der Waals surface area contributed by atoms with Crippen molar-refractivity contribution >= 4 is 15.8 Å². The number of halogens is 1. The van der Waals surface area contributed by atoms with Gasteiger partial charge in [-0.2, -0.15) is 0 Å². The number of carbonyl (C=O) groups is 1. The third kappa shape index (κ3) is 2.17. The summed E-state index contributed by atoms with van der Waals surface area (Å²) in [7, 11) is -3.44. The molecule has 1 aromatic carbocycles. The first kappa shape index (κ1) is 12.0. The Morgan fingerprint density at radius 2 is 2.06 bits per heavy atom.